The van der Waals surface area contributed by atoms with Gasteiger partial charge in [0, 0.05) is 25.5 Å². The summed E-state index contributed by atoms with van der Waals surface area (Å²) in [6, 6.07) is 10.3. The van der Waals surface area contributed by atoms with Gasteiger partial charge in [-0.3, -0.25) is 4.98 Å². The molecule has 1 N–H and O–H groups in total. The second kappa shape index (κ2) is 6.90. The van der Waals surface area contributed by atoms with Gasteiger partial charge >= 0.3 is 0 Å². The maximum atomic E-state index is 5.49. The molecule has 3 nitrogen and oxygen atoms in total. The minimum absolute atomic E-state index is 0.700. The minimum Gasteiger partial charge on any atom is -0.494 e. The molecule has 1 aromatic carbocycles. The van der Waals surface area contributed by atoms with E-state index in [1.54, 1.807) is 0 Å². The van der Waals surface area contributed by atoms with E-state index in [0.717, 1.165) is 18.8 Å². The van der Waals surface area contributed by atoms with Gasteiger partial charge in [0.25, 0.3) is 0 Å². The van der Waals surface area contributed by atoms with Gasteiger partial charge in [0.1, 0.15) is 5.75 Å². The van der Waals surface area contributed by atoms with E-state index in [1.807, 2.05) is 31.5 Å². The Morgan fingerprint density at radius 2 is 1.95 bits per heavy atom. The summed E-state index contributed by atoms with van der Waals surface area (Å²) in [5, 5.41) is 3.42. The Hall–Kier alpha value is -1.87. The lowest BCUT2D eigenvalue weighted by Gasteiger charge is -2.08. The molecular formula is C16H20N2O. The van der Waals surface area contributed by atoms with Crippen LogP contribution < -0.4 is 10.1 Å². The molecule has 0 bridgehead atoms. The van der Waals surface area contributed by atoms with Crippen molar-refractivity contribution in [3.63, 3.8) is 0 Å². The van der Waals surface area contributed by atoms with E-state index in [-0.39, 0.29) is 0 Å². The van der Waals surface area contributed by atoms with Gasteiger partial charge in [-0.05, 0) is 42.7 Å². The molecule has 0 amide bonds. The fourth-order valence-corrected chi connectivity index (χ4v) is 1.98. The SMILES string of the molecule is CCOc1cccc(CNCc2cncc(C)c2)c1. The first-order chi connectivity index (χ1) is 9.28. The first-order valence-electron chi connectivity index (χ1n) is 6.61. The highest BCUT2D eigenvalue weighted by atomic mass is 16.5. The Balaban J connectivity index is 1.87. The van der Waals surface area contributed by atoms with Gasteiger partial charge in [0.05, 0.1) is 6.61 Å². The zero-order valence-corrected chi connectivity index (χ0v) is 11.5. The van der Waals surface area contributed by atoms with Gasteiger partial charge in [-0.25, -0.2) is 0 Å². The molecule has 0 saturated carbocycles. The maximum absolute atomic E-state index is 5.49. The van der Waals surface area contributed by atoms with E-state index >= 15 is 0 Å². The van der Waals surface area contributed by atoms with Crippen molar-refractivity contribution in [1.82, 2.24) is 10.3 Å². The van der Waals surface area contributed by atoms with Gasteiger partial charge < -0.3 is 10.1 Å². The van der Waals surface area contributed by atoms with Crippen LogP contribution in [0.25, 0.3) is 0 Å². The van der Waals surface area contributed by atoms with Crippen LogP contribution in [0.3, 0.4) is 0 Å². The maximum Gasteiger partial charge on any atom is 0.119 e. The molecule has 0 aliphatic carbocycles. The van der Waals surface area contributed by atoms with E-state index < -0.39 is 0 Å². The number of nitrogens with one attached hydrogen (secondary N) is 1. The summed E-state index contributed by atoms with van der Waals surface area (Å²) in [5.41, 5.74) is 3.63. The Bertz CT molecular complexity index is 526. The molecule has 0 aliphatic heterocycles. The molecule has 0 radical (unpaired) electrons. The first-order valence-corrected chi connectivity index (χ1v) is 6.61. The summed E-state index contributed by atoms with van der Waals surface area (Å²) >= 11 is 0. The summed E-state index contributed by atoms with van der Waals surface area (Å²) in [5.74, 6) is 0.930. The van der Waals surface area contributed by atoms with Crippen LogP contribution in [0.1, 0.15) is 23.6 Å². The molecular weight excluding hydrogens is 236 g/mol. The Morgan fingerprint density at radius 3 is 2.74 bits per heavy atom. The van der Waals surface area contributed by atoms with Gasteiger partial charge in [0.2, 0.25) is 0 Å². The quantitative estimate of drug-likeness (QED) is 0.862. The Kier molecular flexibility index (Phi) is 4.93. The van der Waals surface area contributed by atoms with E-state index in [0.29, 0.717) is 6.61 Å². The number of hydrogen-bond donors (Lipinski definition) is 1. The zero-order valence-electron chi connectivity index (χ0n) is 11.5. The summed E-state index contributed by atoms with van der Waals surface area (Å²) in [7, 11) is 0. The van der Waals surface area contributed by atoms with Crippen LogP contribution >= 0.6 is 0 Å². The fraction of sp³-hybridized carbons (Fsp3) is 0.312. The molecule has 100 valence electrons. The van der Waals surface area contributed by atoms with Crippen LogP contribution in [-0.4, -0.2) is 11.6 Å². The number of pyridine rings is 1. The van der Waals surface area contributed by atoms with Gasteiger partial charge in [-0.15, -0.1) is 0 Å². The largest absolute Gasteiger partial charge is 0.494 e. The van der Waals surface area contributed by atoms with Crippen LogP contribution in [0.4, 0.5) is 0 Å². The molecule has 0 unspecified atom stereocenters. The fourth-order valence-electron chi connectivity index (χ4n) is 1.98. The van der Waals surface area contributed by atoms with Crippen molar-refractivity contribution < 1.29 is 4.74 Å². The third kappa shape index (κ3) is 4.38. The average molecular weight is 256 g/mol. The number of nitrogens with zero attached hydrogens (tertiary/aromatic N) is 1. The van der Waals surface area contributed by atoms with Crippen molar-refractivity contribution in [2.75, 3.05) is 6.61 Å². The molecule has 0 fully saturated rings. The van der Waals surface area contributed by atoms with Crippen LogP contribution in [0, 0.1) is 6.92 Å². The van der Waals surface area contributed by atoms with Gasteiger partial charge in [-0.1, -0.05) is 18.2 Å². The molecule has 2 rings (SSSR count). The lowest BCUT2D eigenvalue weighted by Crippen LogP contribution is -2.13. The number of aryl methyl sites for hydroxylation is 1. The Morgan fingerprint density at radius 1 is 1.11 bits per heavy atom. The third-order valence-electron chi connectivity index (χ3n) is 2.80. The zero-order chi connectivity index (χ0) is 13.5. The number of benzene rings is 1. The molecule has 0 spiro atoms. The van der Waals surface area contributed by atoms with Crippen LogP contribution in [0.5, 0.6) is 5.75 Å². The molecule has 0 atom stereocenters. The van der Waals surface area contributed by atoms with Crippen LogP contribution in [0.15, 0.2) is 42.7 Å². The number of ether oxygens (including phenoxy) is 1. The summed E-state index contributed by atoms with van der Waals surface area (Å²) < 4.78 is 5.49. The normalized spacial score (nSPS) is 10.4. The third-order valence-corrected chi connectivity index (χ3v) is 2.80. The van der Waals surface area contributed by atoms with Gasteiger partial charge in [-0.2, -0.15) is 0 Å². The average Bonchev–Trinajstić information content (AvgIpc) is 2.40. The van der Waals surface area contributed by atoms with E-state index in [2.05, 4.69) is 35.4 Å². The molecule has 2 aromatic rings. The summed E-state index contributed by atoms with van der Waals surface area (Å²) in [6.07, 6.45) is 3.77. The monoisotopic (exact) mass is 256 g/mol. The molecule has 0 saturated heterocycles. The predicted octanol–water partition coefficient (Wildman–Crippen LogP) is 3.08. The van der Waals surface area contributed by atoms with Crippen molar-refractivity contribution in [1.29, 1.82) is 0 Å². The van der Waals surface area contributed by atoms with E-state index in [4.69, 9.17) is 4.74 Å². The second-order valence-corrected chi connectivity index (χ2v) is 4.55. The molecule has 19 heavy (non-hydrogen) atoms. The van der Waals surface area contributed by atoms with Crippen molar-refractivity contribution in [2.45, 2.75) is 26.9 Å². The highest BCUT2D eigenvalue weighted by Gasteiger charge is 1.98. The topological polar surface area (TPSA) is 34.1 Å². The lowest BCUT2D eigenvalue weighted by molar-refractivity contribution is 0.340. The predicted molar refractivity (Wildman–Crippen MR) is 77.1 cm³/mol. The molecule has 1 aromatic heterocycles. The number of hydrogen-bond acceptors (Lipinski definition) is 3. The number of aromatic nitrogens is 1. The standard InChI is InChI=1S/C16H20N2O/c1-3-19-16-6-4-5-14(8-16)10-18-12-15-7-13(2)9-17-11-15/h4-9,11,18H,3,10,12H2,1-2H3. The van der Waals surface area contributed by atoms with Gasteiger partial charge in [0.15, 0.2) is 0 Å². The highest BCUT2D eigenvalue weighted by Crippen LogP contribution is 2.13. The van der Waals surface area contributed by atoms with Crippen molar-refractivity contribution in [3.05, 3.63) is 59.4 Å². The number of rotatable bonds is 6. The minimum atomic E-state index is 0.700. The second-order valence-electron chi connectivity index (χ2n) is 4.55. The summed E-state index contributed by atoms with van der Waals surface area (Å²) in [4.78, 5) is 4.19. The van der Waals surface area contributed by atoms with Crippen LogP contribution in [-0.2, 0) is 13.1 Å². The molecule has 1 heterocycles. The van der Waals surface area contributed by atoms with Crippen molar-refractivity contribution >= 4 is 0 Å². The van der Waals surface area contributed by atoms with Crippen molar-refractivity contribution in [2.24, 2.45) is 0 Å². The smallest absolute Gasteiger partial charge is 0.119 e. The van der Waals surface area contributed by atoms with Crippen LogP contribution in [0.2, 0.25) is 0 Å². The first kappa shape index (κ1) is 13.6. The van der Waals surface area contributed by atoms with E-state index in [1.165, 1.54) is 16.7 Å². The summed E-state index contributed by atoms with van der Waals surface area (Å²) in [6.45, 7) is 6.41. The van der Waals surface area contributed by atoms with E-state index in [9.17, 15) is 0 Å². The Labute approximate surface area is 114 Å². The highest BCUT2D eigenvalue weighted by molar-refractivity contribution is 5.28. The lowest BCUT2D eigenvalue weighted by atomic mass is 10.2. The molecule has 0 aliphatic rings. The van der Waals surface area contributed by atoms with Crippen molar-refractivity contribution in [3.8, 4) is 5.75 Å². The molecule has 3 heteroatoms.